The molecule has 0 amide bonds. The Hall–Kier alpha value is -2.32. The van der Waals surface area contributed by atoms with E-state index in [0.717, 1.165) is 79.3 Å². The summed E-state index contributed by atoms with van der Waals surface area (Å²) in [6.07, 6.45) is 4.98. The van der Waals surface area contributed by atoms with Gasteiger partial charge in [0.05, 0.1) is 10.9 Å². The summed E-state index contributed by atoms with van der Waals surface area (Å²) in [5.74, 6) is 1.58. The topological polar surface area (TPSA) is 56.8 Å². The van der Waals surface area contributed by atoms with Crippen LogP contribution in [0.4, 0.5) is 17.2 Å². The summed E-state index contributed by atoms with van der Waals surface area (Å²) >= 11 is 6.22. The molecule has 35 heavy (non-hydrogen) atoms. The number of hydrogen-bond donors (Lipinski definition) is 1. The molecule has 188 valence electrons. The Morgan fingerprint density at radius 2 is 1.86 bits per heavy atom. The molecule has 1 atom stereocenters. The zero-order chi connectivity index (χ0) is 23.7. The van der Waals surface area contributed by atoms with Crippen molar-refractivity contribution in [2.24, 2.45) is 0 Å². The molecule has 1 N–H and O–H groups in total. The van der Waals surface area contributed by atoms with Crippen LogP contribution in [0.15, 0.2) is 42.7 Å². The van der Waals surface area contributed by atoms with E-state index < -0.39 is 0 Å². The summed E-state index contributed by atoms with van der Waals surface area (Å²) in [7, 11) is 6.48. The fourth-order valence-electron chi connectivity index (χ4n) is 4.89. The lowest BCUT2D eigenvalue weighted by molar-refractivity contribution is 0.116. The summed E-state index contributed by atoms with van der Waals surface area (Å²) in [5.41, 5.74) is 2.93. The maximum atomic E-state index is 6.68. The highest BCUT2D eigenvalue weighted by atomic mass is 35.5. The number of anilines is 3. The van der Waals surface area contributed by atoms with Gasteiger partial charge in [-0.25, -0.2) is 9.97 Å². The van der Waals surface area contributed by atoms with Crippen LogP contribution in [0.25, 0.3) is 10.9 Å². The van der Waals surface area contributed by atoms with Crippen molar-refractivity contribution in [2.45, 2.75) is 31.4 Å². The summed E-state index contributed by atoms with van der Waals surface area (Å²) in [5, 5.41) is 5.03. The highest BCUT2D eigenvalue weighted by Gasteiger charge is 2.27. The van der Waals surface area contributed by atoms with E-state index in [4.69, 9.17) is 16.3 Å². The molecule has 3 heterocycles. The second-order valence-corrected chi connectivity index (χ2v) is 10.1. The minimum atomic E-state index is 0. The average Bonchev–Trinajstić information content (AvgIpc) is 3.31. The number of fused-ring (bicyclic) bond motifs is 1. The number of likely N-dealkylation sites (N-methyl/N-ethyl adjacent to an activating group) is 1. The Labute approximate surface area is 218 Å². The summed E-state index contributed by atoms with van der Waals surface area (Å²) < 4.78 is 6.68. The molecule has 3 aromatic rings. The number of rotatable bonds is 6. The molecular formula is C26H34Cl2N6O. The number of likely N-dealkylation sites (tertiary alicyclic amines) is 1. The number of aromatic nitrogens is 2. The zero-order valence-corrected chi connectivity index (χ0v) is 22.1. The van der Waals surface area contributed by atoms with Crippen LogP contribution in [0.2, 0.25) is 5.02 Å². The quantitative estimate of drug-likeness (QED) is 0.491. The van der Waals surface area contributed by atoms with Gasteiger partial charge in [-0.1, -0.05) is 17.7 Å². The number of nitrogens with one attached hydrogen (secondary N) is 1. The molecule has 0 radical (unpaired) electrons. The number of ether oxygens (including phenoxy) is 1. The fraction of sp³-hybridized carbons (Fsp3) is 0.462. The highest BCUT2D eigenvalue weighted by molar-refractivity contribution is 6.30. The predicted molar refractivity (Wildman–Crippen MR) is 147 cm³/mol. The lowest BCUT2D eigenvalue weighted by Gasteiger charge is -2.30. The van der Waals surface area contributed by atoms with Crippen molar-refractivity contribution >= 4 is 52.1 Å². The summed E-state index contributed by atoms with van der Waals surface area (Å²) in [4.78, 5) is 16.3. The Bertz CT molecular complexity index is 1150. The van der Waals surface area contributed by atoms with Crippen molar-refractivity contribution in [1.29, 1.82) is 0 Å². The third kappa shape index (κ3) is 5.92. The number of halogens is 2. The highest BCUT2D eigenvalue weighted by Crippen LogP contribution is 2.38. The SMILES string of the molecule is CN1CCC(Oc2cc(N3CC[C@@H](N(C)C)C3)cc3ncnc(Nc4cccc(Cl)c4)c23)CC1.Cl. The molecule has 9 heteroatoms. The largest absolute Gasteiger partial charge is 0.489 e. The van der Waals surface area contributed by atoms with E-state index in [-0.39, 0.29) is 18.5 Å². The molecule has 1 aromatic heterocycles. The first-order valence-corrected chi connectivity index (χ1v) is 12.4. The first kappa shape index (κ1) is 25.8. The van der Waals surface area contributed by atoms with Crippen LogP contribution in [0.1, 0.15) is 19.3 Å². The van der Waals surface area contributed by atoms with Crippen LogP contribution in [-0.4, -0.2) is 79.2 Å². The monoisotopic (exact) mass is 516 g/mol. The second-order valence-electron chi connectivity index (χ2n) is 9.67. The molecule has 0 aliphatic carbocycles. The van der Waals surface area contributed by atoms with Crippen molar-refractivity contribution in [2.75, 3.05) is 57.5 Å². The average molecular weight is 518 g/mol. The number of piperidine rings is 1. The van der Waals surface area contributed by atoms with E-state index in [1.165, 1.54) is 0 Å². The van der Waals surface area contributed by atoms with Crippen molar-refractivity contribution in [3.8, 4) is 5.75 Å². The van der Waals surface area contributed by atoms with Crippen LogP contribution < -0.4 is 15.0 Å². The third-order valence-electron chi connectivity index (χ3n) is 6.99. The normalized spacial score (nSPS) is 19.2. The Kier molecular flexibility index (Phi) is 8.22. The molecule has 7 nitrogen and oxygen atoms in total. The van der Waals surface area contributed by atoms with Crippen molar-refractivity contribution < 1.29 is 4.74 Å². The molecule has 0 bridgehead atoms. The van der Waals surface area contributed by atoms with Crippen molar-refractivity contribution in [3.63, 3.8) is 0 Å². The van der Waals surface area contributed by atoms with Crippen molar-refractivity contribution in [3.05, 3.63) is 47.7 Å². The Morgan fingerprint density at radius 3 is 2.57 bits per heavy atom. The molecule has 2 aliphatic heterocycles. The van der Waals surface area contributed by atoms with Gasteiger partial charge in [0.25, 0.3) is 0 Å². The standard InChI is InChI=1S/C26H33ClN6O.ClH/c1-31(2)20-7-12-33(16-20)21-14-23-25(24(15-21)34-22-8-10-32(3)11-9-22)26(29-17-28-23)30-19-6-4-5-18(27)13-19;/h4-6,13-15,17,20,22H,7-12,16H2,1-3H3,(H,28,29,30);1H/t20-;/m1./s1. The first-order valence-electron chi connectivity index (χ1n) is 12.0. The Morgan fingerprint density at radius 1 is 1.06 bits per heavy atom. The van der Waals surface area contributed by atoms with Crippen molar-refractivity contribution in [1.82, 2.24) is 19.8 Å². The summed E-state index contributed by atoms with van der Waals surface area (Å²) in [6.45, 7) is 4.12. The lowest BCUT2D eigenvalue weighted by Crippen LogP contribution is -2.35. The Balaban J connectivity index is 0.00000289. The fourth-order valence-corrected chi connectivity index (χ4v) is 5.08. The molecule has 5 rings (SSSR count). The minimum Gasteiger partial charge on any atom is -0.489 e. The lowest BCUT2D eigenvalue weighted by atomic mass is 10.1. The van der Waals surface area contributed by atoms with E-state index in [1.54, 1.807) is 6.33 Å². The minimum absolute atomic E-state index is 0. The van der Waals surface area contributed by atoms with Gasteiger partial charge in [-0.15, -0.1) is 12.4 Å². The van der Waals surface area contributed by atoms with Gasteiger partial charge in [0.15, 0.2) is 0 Å². The molecule has 0 spiro atoms. The van der Waals surface area contributed by atoms with Gasteiger partial charge in [0.1, 0.15) is 24.0 Å². The van der Waals surface area contributed by atoms with Gasteiger partial charge in [0, 0.05) is 54.7 Å². The van der Waals surface area contributed by atoms with E-state index in [1.807, 2.05) is 24.3 Å². The molecular weight excluding hydrogens is 483 g/mol. The maximum Gasteiger partial charge on any atom is 0.145 e. The first-order chi connectivity index (χ1) is 16.5. The van der Waals surface area contributed by atoms with Gasteiger partial charge < -0.3 is 24.8 Å². The van der Waals surface area contributed by atoms with Crippen LogP contribution >= 0.6 is 24.0 Å². The molecule has 2 saturated heterocycles. The van der Waals surface area contributed by atoms with Gasteiger partial charge >= 0.3 is 0 Å². The van der Waals surface area contributed by atoms with Gasteiger partial charge in [-0.2, -0.15) is 0 Å². The number of benzene rings is 2. The van der Waals surface area contributed by atoms with Crippen LogP contribution in [0.3, 0.4) is 0 Å². The molecule has 2 aromatic carbocycles. The zero-order valence-electron chi connectivity index (χ0n) is 20.6. The maximum absolute atomic E-state index is 6.68. The van der Waals surface area contributed by atoms with Crippen LogP contribution in [-0.2, 0) is 0 Å². The van der Waals surface area contributed by atoms with Gasteiger partial charge in [-0.3, -0.25) is 0 Å². The number of hydrogen-bond acceptors (Lipinski definition) is 7. The molecule has 2 aliphatic rings. The van der Waals surface area contributed by atoms with Crippen LogP contribution in [0.5, 0.6) is 5.75 Å². The van der Waals surface area contributed by atoms with E-state index >= 15 is 0 Å². The summed E-state index contributed by atoms with van der Waals surface area (Å²) in [6, 6.07) is 12.6. The predicted octanol–water partition coefficient (Wildman–Crippen LogP) is 5.06. The molecule has 0 unspecified atom stereocenters. The number of nitrogens with zero attached hydrogens (tertiary/aromatic N) is 5. The van der Waals surface area contributed by atoms with E-state index in [9.17, 15) is 0 Å². The molecule has 0 saturated carbocycles. The second kappa shape index (κ2) is 11.2. The van der Waals surface area contributed by atoms with E-state index in [0.29, 0.717) is 11.1 Å². The van der Waals surface area contributed by atoms with Gasteiger partial charge in [-0.05, 0) is 64.7 Å². The smallest absolute Gasteiger partial charge is 0.145 e. The van der Waals surface area contributed by atoms with Crippen LogP contribution in [0, 0.1) is 0 Å². The van der Waals surface area contributed by atoms with E-state index in [2.05, 4.69) is 63.3 Å². The van der Waals surface area contributed by atoms with Gasteiger partial charge in [0.2, 0.25) is 0 Å². The molecule has 2 fully saturated rings. The third-order valence-corrected chi connectivity index (χ3v) is 7.23.